The Hall–Kier alpha value is -3.18. The van der Waals surface area contributed by atoms with Gasteiger partial charge in [-0.25, -0.2) is 4.98 Å². The van der Waals surface area contributed by atoms with Crippen LogP contribution >= 0.6 is 11.3 Å². The van der Waals surface area contributed by atoms with Crippen molar-refractivity contribution in [1.29, 1.82) is 5.26 Å². The Morgan fingerprint density at radius 2 is 2.08 bits per heavy atom. The van der Waals surface area contributed by atoms with Crippen LogP contribution in [0.25, 0.3) is 6.08 Å². The molecule has 0 fully saturated rings. The highest BCUT2D eigenvalue weighted by Gasteiger charge is 2.15. The van der Waals surface area contributed by atoms with Crippen molar-refractivity contribution in [2.75, 3.05) is 23.9 Å². The molecule has 0 saturated heterocycles. The molecule has 2 aromatic rings. The van der Waals surface area contributed by atoms with E-state index < -0.39 is 5.91 Å². The molecule has 0 radical (unpaired) electrons. The normalized spacial score (nSPS) is 10.8. The summed E-state index contributed by atoms with van der Waals surface area (Å²) in [5.74, 6) is 0.0151. The zero-order valence-corrected chi connectivity index (χ0v) is 15.5. The van der Waals surface area contributed by atoms with Crippen molar-refractivity contribution in [2.45, 2.75) is 13.8 Å². The average molecular weight is 370 g/mol. The highest BCUT2D eigenvalue weighted by molar-refractivity contribution is 7.14. The van der Waals surface area contributed by atoms with Crippen LogP contribution in [0, 0.1) is 11.3 Å². The highest BCUT2D eigenvalue weighted by atomic mass is 32.1. The highest BCUT2D eigenvalue weighted by Crippen LogP contribution is 2.22. The number of anilines is 2. The number of hydrogen-bond acceptors (Lipinski definition) is 6. The lowest BCUT2D eigenvalue weighted by Gasteiger charge is -2.14. The molecule has 8 heteroatoms. The van der Waals surface area contributed by atoms with Crippen LogP contribution in [0.5, 0.6) is 5.75 Å². The monoisotopic (exact) mass is 370 g/mol. The number of nitrogens with zero attached hydrogens (tertiary/aromatic N) is 3. The van der Waals surface area contributed by atoms with E-state index in [9.17, 15) is 14.9 Å². The van der Waals surface area contributed by atoms with E-state index in [4.69, 9.17) is 4.74 Å². The quantitative estimate of drug-likeness (QED) is 0.623. The van der Waals surface area contributed by atoms with Gasteiger partial charge in [-0.05, 0) is 37.3 Å². The molecule has 2 amide bonds. The van der Waals surface area contributed by atoms with Gasteiger partial charge in [0, 0.05) is 24.5 Å². The topological polar surface area (TPSA) is 95.3 Å². The third kappa shape index (κ3) is 4.68. The van der Waals surface area contributed by atoms with Gasteiger partial charge in [0.15, 0.2) is 5.13 Å². The minimum absolute atomic E-state index is 0.0801. The largest absolute Gasteiger partial charge is 0.497 e. The van der Waals surface area contributed by atoms with Crippen LogP contribution in [-0.4, -0.2) is 30.5 Å². The van der Waals surface area contributed by atoms with Crippen LogP contribution in [0.3, 0.4) is 0 Å². The van der Waals surface area contributed by atoms with Gasteiger partial charge in [-0.2, -0.15) is 5.26 Å². The van der Waals surface area contributed by atoms with Gasteiger partial charge in [0.2, 0.25) is 5.91 Å². The molecule has 26 heavy (non-hydrogen) atoms. The molecule has 0 bridgehead atoms. The molecule has 0 saturated carbocycles. The summed E-state index contributed by atoms with van der Waals surface area (Å²) in [6.45, 7) is 3.81. The molecule has 1 aromatic heterocycles. The number of carbonyl (C=O) groups excluding carboxylic acids is 2. The summed E-state index contributed by atoms with van der Waals surface area (Å²) in [7, 11) is 1.55. The zero-order chi connectivity index (χ0) is 19.1. The van der Waals surface area contributed by atoms with Gasteiger partial charge in [-0.15, -0.1) is 11.3 Å². The van der Waals surface area contributed by atoms with Gasteiger partial charge < -0.3 is 10.1 Å². The van der Waals surface area contributed by atoms with Crippen molar-refractivity contribution >= 4 is 40.0 Å². The van der Waals surface area contributed by atoms with Gasteiger partial charge in [-0.1, -0.05) is 0 Å². The first kappa shape index (κ1) is 19.1. The van der Waals surface area contributed by atoms with E-state index in [0.29, 0.717) is 28.8 Å². The molecule has 0 aliphatic carbocycles. The summed E-state index contributed by atoms with van der Waals surface area (Å²) in [5, 5.41) is 14.1. The molecule has 7 nitrogen and oxygen atoms in total. The fourth-order valence-electron chi connectivity index (χ4n) is 2.13. The number of hydrogen-bond donors (Lipinski definition) is 1. The van der Waals surface area contributed by atoms with E-state index in [0.717, 1.165) is 0 Å². The lowest BCUT2D eigenvalue weighted by molar-refractivity contribution is -0.116. The predicted molar refractivity (Wildman–Crippen MR) is 101 cm³/mol. The number of amides is 2. The molecule has 2 rings (SSSR count). The molecule has 0 atom stereocenters. The molecule has 1 aromatic carbocycles. The third-order valence-electron chi connectivity index (χ3n) is 3.44. The number of nitriles is 1. The number of thiazole rings is 1. The van der Waals surface area contributed by atoms with E-state index >= 15 is 0 Å². The molecule has 0 unspecified atom stereocenters. The second-order valence-corrected chi connectivity index (χ2v) is 6.01. The van der Waals surface area contributed by atoms with Crippen molar-refractivity contribution in [3.63, 3.8) is 0 Å². The number of rotatable bonds is 6. The van der Waals surface area contributed by atoms with Gasteiger partial charge >= 0.3 is 0 Å². The Morgan fingerprint density at radius 1 is 1.38 bits per heavy atom. The lowest BCUT2D eigenvalue weighted by atomic mass is 10.2. The number of methoxy groups -OCH3 is 1. The number of ether oxygens (including phenoxy) is 1. The molecule has 0 aliphatic heterocycles. The molecule has 0 spiro atoms. The number of aromatic nitrogens is 1. The zero-order valence-electron chi connectivity index (χ0n) is 14.6. The van der Waals surface area contributed by atoms with Crippen LogP contribution in [-0.2, 0) is 9.59 Å². The number of nitrogens with one attached hydrogen (secondary N) is 1. The van der Waals surface area contributed by atoms with Gasteiger partial charge in [0.05, 0.1) is 12.8 Å². The maximum Gasteiger partial charge on any atom is 0.266 e. The predicted octanol–water partition coefficient (Wildman–Crippen LogP) is 3.07. The summed E-state index contributed by atoms with van der Waals surface area (Å²) in [6, 6.07) is 8.65. The smallest absolute Gasteiger partial charge is 0.266 e. The Balaban J connectivity index is 2.16. The second-order valence-electron chi connectivity index (χ2n) is 5.17. The summed E-state index contributed by atoms with van der Waals surface area (Å²) >= 11 is 1.28. The fourth-order valence-corrected chi connectivity index (χ4v) is 3.02. The van der Waals surface area contributed by atoms with Crippen LogP contribution in [0.2, 0.25) is 0 Å². The van der Waals surface area contributed by atoms with Crippen LogP contribution in [0.15, 0.2) is 35.2 Å². The van der Waals surface area contributed by atoms with E-state index in [1.807, 2.05) is 13.0 Å². The SMILES string of the molecule is CCN(C(C)=O)c1nc(/C=C(\C#N)C(=O)Nc2ccc(OC)cc2)cs1. The van der Waals surface area contributed by atoms with Gasteiger partial charge in [0.1, 0.15) is 17.4 Å². The number of carbonyl (C=O) groups is 2. The Bertz CT molecular complexity index is 865. The van der Waals surface area contributed by atoms with Crippen LogP contribution in [0.4, 0.5) is 10.8 Å². The van der Waals surface area contributed by atoms with E-state index in [2.05, 4.69) is 10.3 Å². The maximum atomic E-state index is 12.3. The molecule has 1 N–H and O–H groups in total. The first-order chi connectivity index (χ1) is 12.5. The van der Waals surface area contributed by atoms with Crippen LogP contribution < -0.4 is 15.0 Å². The van der Waals surface area contributed by atoms with E-state index in [1.54, 1.807) is 36.8 Å². The summed E-state index contributed by atoms with van der Waals surface area (Å²) < 4.78 is 5.06. The molecule has 0 aliphatic rings. The van der Waals surface area contributed by atoms with Gasteiger partial charge in [0.25, 0.3) is 5.91 Å². The Morgan fingerprint density at radius 3 is 2.62 bits per heavy atom. The summed E-state index contributed by atoms with van der Waals surface area (Å²) in [5.41, 5.74) is 0.916. The first-order valence-electron chi connectivity index (χ1n) is 7.79. The second kappa shape index (κ2) is 8.78. The van der Waals surface area contributed by atoms with Crippen molar-refractivity contribution in [3.8, 4) is 11.8 Å². The molecular weight excluding hydrogens is 352 g/mol. The Kier molecular flexibility index (Phi) is 6.47. The molecule has 1 heterocycles. The summed E-state index contributed by atoms with van der Waals surface area (Å²) in [4.78, 5) is 29.7. The first-order valence-corrected chi connectivity index (χ1v) is 8.67. The average Bonchev–Trinajstić information content (AvgIpc) is 3.08. The summed E-state index contributed by atoms with van der Waals surface area (Å²) in [6.07, 6.45) is 1.40. The van der Waals surface area contributed by atoms with Crippen molar-refractivity contribution in [1.82, 2.24) is 4.98 Å². The standard InChI is InChI=1S/C18H18N4O3S/c1-4-22(12(2)23)18-21-15(11-26-18)9-13(10-19)17(24)20-14-5-7-16(25-3)8-6-14/h5-9,11H,4H2,1-3H3,(H,20,24)/b13-9+. The molecule has 134 valence electrons. The minimum Gasteiger partial charge on any atom is -0.497 e. The lowest BCUT2D eigenvalue weighted by Crippen LogP contribution is -2.27. The number of benzene rings is 1. The molecular formula is C18H18N4O3S. The van der Waals surface area contributed by atoms with E-state index in [-0.39, 0.29) is 11.5 Å². The van der Waals surface area contributed by atoms with Crippen LogP contribution in [0.1, 0.15) is 19.5 Å². The Labute approximate surface area is 155 Å². The van der Waals surface area contributed by atoms with Crippen molar-refractivity contribution in [2.24, 2.45) is 0 Å². The minimum atomic E-state index is -0.536. The third-order valence-corrected chi connectivity index (χ3v) is 4.32. The van der Waals surface area contributed by atoms with Crippen molar-refractivity contribution < 1.29 is 14.3 Å². The van der Waals surface area contributed by atoms with Crippen molar-refractivity contribution in [3.05, 3.63) is 40.9 Å². The maximum absolute atomic E-state index is 12.3. The van der Waals surface area contributed by atoms with Gasteiger partial charge in [-0.3, -0.25) is 14.5 Å². The van der Waals surface area contributed by atoms with E-state index in [1.165, 1.54) is 29.2 Å². The fraction of sp³-hybridized carbons (Fsp3) is 0.222.